The van der Waals surface area contributed by atoms with Crippen LogP contribution in [0, 0.1) is 0 Å². The van der Waals surface area contributed by atoms with Crippen LogP contribution in [0.5, 0.6) is 5.75 Å². The van der Waals surface area contributed by atoms with E-state index in [1.54, 1.807) is 17.8 Å². The number of carbonyl (C=O) groups excluding carboxylic acids is 1. The van der Waals surface area contributed by atoms with Crippen LogP contribution in [0.3, 0.4) is 0 Å². The molecule has 21 heavy (non-hydrogen) atoms. The Morgan fingerprint density at radius 2 is 2.00 bits per heavy atom. The topological polar surface area (TPSA) is 55.8 Å². The van der Waals surface area contributed by atoms with Crippen LogP contribution in [-0.4, -0.2) is 65.8 Å². The molecular weight excluding hydrogens is 286 g/mol. The number of nitrogens with zero attached hydrogens (tertiary/aromatic N) is 2. The number of benzene rings is 1. The minimum absolute atomic E-state index is 0.0541. The molecule has 0 radical (unpaired) electrons. The zero-order chi connectivity index (χ0) is 14.7. The van der Waals surface area contributed by atoms with Crippen molar-refractivity contribution < 1.29 is 9.90 Å². The molecule has 0 saturated carbocycles. The predicted molar refractivity (Wildman–Crippen MR) is 84.3 cm³/mol. The Balaban J connectivity index is 1.66. The van der Waals surface area contributed by atoms with E-state index in [9.17, 15) is 9.90 Å². The maximum Gasteiger partial charge on any atom is 0.233 e. The first-order chi connectivity index (χ1) is 10.3. The number of carbonyl (C=O) groups is 1. The second-order valence-electron chi connectivity index (χ2n) is 5.40. The third-order valence-electron chi connectivity index (χ3n) is 4.04. The molecule has 6 heteroatoms. The molecule has 0 aliphatic carbocycles. The van der Waals surface area contributed by atoms with Gasteiger partial charge in [0.15, 0.2) is 0 Å². The van der Waals surface area contributed by atoms with Crippen molar-refractivity contribution in [3.63, 3.8) is 0 Å². The normalized spacial score (nSPS) is 23.7. The Kier molecular flexibility index (Phi) is 4.67. The molecular formula is C15H21N3O2S. The average molecular weight is 307 g/mol. The summed E-state index contributed by atoms with van der Waals surface area (Å²) in [6.07, 6.45) is 0. The lowest BCUT2D eigenvalue weighted by Crippen LogP contribution is -2.46. The lowest BCUT2D eigenvalue weighted by Gasteiger charge is -2.31. The van der Waals surface area contributed by atoms with Gasteiger partial charge in [0.25, 0.3) is 0 Å². The highest BCUT2D eigenvalue weighted by Gasteiger charge is 2.34. The first kappa shape index (κ1) is 14.7. The van der Waals surface area contributed by atoms with Crippen LogP contribution in [0.25, 0.3) is 0 Å². The molecule has 0 spiro atoms. The third-order valence-corrected chi connectivity index (χ3v) is 5.28. The van der Waals surface area contributed by atoms with Crippen molar-refractivity contribution in [2.24, 2.45) is 0 Å². The van der Waals surface area contributed by atoms with E-state index >= 15 is 0 Å². The number of phenolic OH excluding ortho intramolecular Hbond substituents is 1. The van der Waals surface area contributed by atoms with Gasteiger partial charge in [0.05, 0.1) is 5.75 Å². The van der Waals surface area contributed by atoms with E-state index in [2.05, 4.69) is 10.2 Å². The fraction of sp³-hybridized carbons (Fsp3) is 0.533. The quantitative estimate of drug-likeness (QED) is 0.864. The summed E-state index contributed by atoms with van der Waals surface area (Å²) in [6, 6.07) is 7.31. The summed E-state index contributed by atoms with van der Waals surface area (Å²) in [7, 11) is 0. The number of amides is 1. The number of aromatic hydroxyl groups is 1. The molecule has 3 rings (SSSR count). The summed E-state index contributed by atoms with van der Waals surface area (Å²) in [6.45, 7) is 5.74. The zero-order valence-corrected chi connectivity index (χ0v) is 12.8. The largest absolute Gasteiger partial charge is 0.508 e. The van der Waals surface area contributed by atoms with Crippen LogP contribution >= 0.6 is 11.8 Å². The molecule has 114 valence electrons. The van der Waals surface area contributed by atoms with E-state index in [0.29, 0.717) is 5.75 Å². The Bertz CT molecular complexity index is 505. The number of phenols is 1. The molecule has 1 aromatic carbocycles. The fourth-order valence-electron chi connectivity index (χ4n) is 2.83. The number of thioether (sulfide) groups is 1. The minimum Gasteiger partial charge on any atom is -0.508 e. The van der Waals surface area contributed by atoms with E-state index in [4.69, 9.17) is 0 Å². The van der Waals surface area contributed by atoms with Crippen LogP contribution in [0.4, 0.5) is 0 Å². The monoisotopic (exact) mass is 307 g/mol. The van der Waals surface area contributed by atoms with Gasteiger partial charge in [-0.25, -0.2) is 0 Å². The van der Waals surface area contributed by atoms with Gasteiger partial charge in [0, 0.05) is 44.8 Å². The number of para-hydroxylation sites is 1. The van der Waals surface area contributed by atoms with Crippen molar-refractivity contribution in [3.05, 3.63) is 29.8 Å². The summed E-state index contributed by atoms with van der Waals surface area (Å²) in [5.74, 6) is 0.945. The van der Waals surface area contributed by atoms with Crippen LogP contribution < -0.4 is 5.32 Å². The second-order valence-corrected chi connectivity index (χ2v) is 6.47. The number of nitrogens with one attached hydrogen (secondary N) is 1. The lowest BCUT2D eigenvalue weighted by molar-refractivity contribution is -0.128. The van der Waals surface area contributed by atoms with Gasteiger partial charge in [-0.1, -0.05) is 18.2 Å². The van der Waals surface area contributed by atoms with Crippen LogP contribution in [0.15, 0.2) is 24.3 Å². The molecule has 1 atom stereocenters. The molecule has 0 aromatic heterocycles. The van der Waals surface area contributed by atoms with Gasteiger partial charge in [-0.15, -0.1) is 11.8 Å². The van der Waals surface area contributed by atoms with Crippen molar-refractivity contribution in [2.75, 3.05) is 45.0 Å². The molecule has 1 unspecified atom stereocenters. The van der Waals surface area contributed by atoms with Crippen molar-refractivity contribution >= 4 is 17.7 Å². The Morgan fingerprint density at radius 3 is 2.76 bits per heavy atom. The van der Waals surface area contributed by atoms with E-state index < -0.39 is 0 Å². The fourth-order valence-corrected chi connectivity index (χ4v) is 4.08. The highest BCUT2D eigenvalue weighted by atomic mass is 32.2. The van der Waals surface area contributed by atoms with Gasteiger partial charge >= 0.3 is 0 Å². The van der Waals surface area contributed by atoms with Gasteiger partial charge in [-0.2, -0.15) is 0 Å². The maximum absolute atomic E-state index is 12.1. The zero-order valence-electron chi connectivity index (χ0n) is 12.0. The highest BCUT2D eigenvalue weighted by molar-refractivity contribution is 8.00. The van der Waals surface area contributed by atoms with Gasteiger partial charge < -0.3 is 15.3 Å². The summed E-state index contributed by atoms with van der Waals surface area (Å²) in [5.41, 5.74) is 0.841. The van der Waals surface area contributed by atoms with Gasteiger partial charge in [0.1, 0.15) is 11.1 Å². The van der Waals surface area contributed by atoms with E-state index in [1.807, 2.05) is 23.1 Å². The summed E-state index contributed by atoms with van der Waals surface area (Å²) >= 11 is 1.60. The van der Waals surface area contributed by atoms with Crippen molar-refractivity contribution in [2.45, 2.75) is 5.37 Å². The van der Waals surface area contributed by atoms with E-state index in [0.717, 1.165) is 44.8 Å². The molecule has 1 amide bonds. The number of rotatable bonds is 4. The van der Waals surface area contributed by atoms with Crippen LogP contribution in [0.1, 0.15) is 10.9 Å². The Morgan fingerprint density at radius 1 is 1.24 bits per heavy atom. The lowest BCUT2D eigenvalue weighted by atomic mass is 10.2. The molecule has 2 N–H and O–H groups in total. The smallest absolute Gasteiger partial charge is 0.233 e. The standard InChI is InChI=1S/C15H21N3O2S/c19-13-4-2-1-3-12(13)15-18(14(20)11-21-15)10-9-17-7-5-16-6-8-17/h1-4,15-16,19H,5-11H2. The molecule has 2 aliphatic rings. The third kappa shape index (κ3) is 3.33. The minimum atomic E-state index is -0.0541. The van der Waals surface area contributed by atoms with Gasteiger partial charge in [0.2, 0.25) is 5.91 Å². The number of hydrogen-bond donors (Lipinski definition) is 2. The SMILES string of the molecule is O=C1CSC(c2ccccc2O)N1CCN1CCNCC1. The Hall–Kier alpha value is -1.24. The molecule has 2 aliphatic heterocycles. The number of hydrogen-bond acceptors (Lipinski definition) is 5. The molecule has 2 saturated heterocycles. The Labute approximate surface area is 129 Å². The van der Waals surface area contributed by atoms with Gasteiger partial charge in [-0.05, 0) is 6.07 Å². The van der Waals surface area contributed by atoms with Crippen molar-refractivity contribution in [3.8, 4) is 5.75 Å². The predicted octanol–water partition coefficient (Wildman–Crippen LogP) is 0.871. The molecule has 5 nitrogen and oxygen atoms in total. The number of piperazine rings is 1. The maximum atomic E-state index is 12.1. The van der Waals surface area contributed by atoms with Crippen LogP contribution in [0.2, 0.25) is 0 Å². The van der Waals surface area contributed by atoms with Gasteiger partial charge in [-0.3, -0.25) is 9.69 Å². The molecule has 0 bridgehead atoms. The van der Waals surface area contributed by atoms with E-state index in [-0.39, 0.29) is 17.0 Å². The van der Waals surface area contributed by atoms with Crippen molar-refractivity contribution in [1.29, 1.82) is 0 Å². The first-order valence-corrected chi connectivity index (χ1v) is 8.42. The van der Waals surface area contributed by atoms with Crippen LogP contribution in [-0.2, 0) is 4.79 Å². The summed E-state index contributed by atoms with van der Waals surface area (Å²) in [5, 5.41) is 13.3. The second kappa shape index (κ2) is 6.68. The molecule has 2 fully saturated rings. The summed E-state index contributed by atoms with van der Waals surface area (Å²) in [4.78, 5) is 16.4. The first-order valence-electron chi connectivity index (χ1n) is 7.38. The summed E-state index contributed by atoms with van der Waals surface area (Å²) < 4.78 is 0. The average Bonchev–Trinajstić information content (AvgIpc) is 2.88. The molecule has 2 heterocycles. The highest BCUT2D eigenvalue weighted by Crippen LogP contribution is 2.41. The van der Waals surface area contributed by atoms with Crippen molar-refractivity contribution in [1.82, 2.24) is 15.1 Å². The van der Waals surface area contributed by atoms with E-state index in [1.165, 1.54) is 0 Å². The molecule has 1 aromatic rings.